The smallest absolute Gasteiger partial charge is 0.290 e. The van der Waals surface area contributed by atoms with E-state index in [0.717, 1.165) is 51.1 Å². The number of carbonyl (C=O) groups is 2. The Morgan fingerprint density at radius 2 is 1.84 bits per heavy atom. The third-order valence-corrected chi connectivity index (χ3v) is 12.2. The first-order chi connectivity index (χ1) is 24.5. The normalized spacial score (nSPS) is 27.8. The zero-order chi connectivity index (χ0) is 36.9. The van der Waals surface area contributed by atoms with Crippen LogP contribution >= 0.6 is 0 Å². The van der Waals surface area contributed by atoms with Gasteiger partial charge >= 0.3 is 0 Å². The van der Waals surface area contributed by atoms with Crippen LogP contribution in [0, 0.1) is 12.8 Å². The van der Waals surface area contributed by atoms with E-state index in [-0.39, 0.29) is 35.8 Å². The number of aromatic nitrogens is 1. The number of hydrogen-bond donors (Lipinski definition) is 3. The molecular formula is C41H58N4O6. The van der Waals surface area contributed by atoms with E-state index in [0.29, 0.717) is 35.1 Å². The molecule has 2 aliphatic heterocycles. The average Bonchev–Trinajstić information content (AvgIpc) is 3.45. The van der Waals surface area contributed by atoms with E-state index in [2.05, 4.69) is 85.1 Å². The summed E-state index contributed by atoms with van der Waals surface area (Å²) in [5, 5.41) is 9.97. The van der Waals surface area contributed by atoms with Gasteiger partial charge in [-0.25, -0.2) is 0 Å². The summed E-state index contributed by atoms with van der Waals surface area (Å²) in [6, 6.07) is 10.5. The fraction of sp³-hybridized carbons (Fsp3) is 0.585. The second-order valence-electron chi connectivity index (χ2n) is 14.9. The standard InChI is InChI=1S/C40H56N4O4.CH2O2/c1-8-43-27(4)23-39(24-28(43)5)18-14-30-12-13-31(22-35(30)39)40(44(9-2)32-15-19-48-20-16-32)17-10-11-33(29(40)6)37(45)41-25-34-36(47-7)21-26(3)42-38(34)46;2-1-3/h10-13,17,21-22,27-29,32H,8-9,14-16,18-20,23-25H2,1-7H3,(H,41,45)(H,42,46);1H,(H,2,3). The Kier molecular flexibility index (Phi) is 12.3. The van der Waals surface area contributed by atoms with Crippen molar-refractivity contribution < 1.29 is 24.2 Å². The van der Waals surface area contributed by atoms with Crippen molar-refractivity contribution in [2.75, 3.05) is 33.4 Å². The van der Waals surface area contributed by atoms with Crippen LogP contribution in [0.1, 0.15) is 94.7 Å². The topological polar surface area (TPSA) is 124 Å². The molecule has 0 radical (unpaired) electrons. The highest BCUT2D eigenvalue weighted by molar-refractivity contribution is 5.95. The van der Waals surface area contributed by atoms with Crippen LogP contribution in [0.2, 0.25) is 0 Å². The van der Waals surface area contributed by atoms with Crippen LogP contribution in [0.3, 0.4) is 0 Å². The number of nitrogens with one attached hydrogen (secondary N) is 2. The molecule has 2 saturated heterocycles. The van der Waals surface area contributed by atoms with Crippen LogP contribution in [0.15, 0.2) is 52.9 Å². The molecule has 2 aromatic rings. The first-order valence-corrected chi connectivity index (χ1v) is 18.8. The number of piperidine rings is 1. The van der Waals surface area contributed by atoms with Crippen molar-refractivity contribution in [1.29, 1.82) is 0 Å². The van der Waals surface area contributed by atoms with Crippen LogP contribution in [0.25, 0.3) is 0 Å². The minimum atomic E-state index is -0.517. The minimum absolute atomic E-state index is 0.0857. The molecule has 3 heterocycles. The number of carbonyl (C=O) groups excluding carboxylic acids is 1. The van der Waals surface area contributed by atoms with E-state index in [1.165, 1.54) is 36.0 Å². The summed E-state index contributed by atoms with van der Waals surface area (Å²) in [6.45, 7) is 16.7. The number of aryl methyl sites for hydroxylation is 2. The number of carboxylic acid groups (broad SMARTS) is 1. The van der Waals surface area contributed by atoms with Crippen LogP contribution in [0.5, 0.6) is 5.75 Å². The molecule has 1 aromatic heterocycles. The van der Waals surface area contributed by atoms with Crippen molar-refractivity contribution in [2.24, 2.45) is 5.92 Å². The molecule has 0 saturated carbocycles. The number of nitrogens with zero attached hydrogens (tertiary/aromatic N) is 2. The highest BCUT2D eigenvalue weighted by Gasteiger charge is 2.50. The average molecular weight is 703 g/mol. The van der Waals surface area contributed by atoms with Crippen LogP contribution in [-0.2, 0) is 38.2 Å². The lowest BCUT2D eigenvalue weighted by Crippen LogP contribution is -2.57. The molecule has 4 atom stereocenters. The largest absolute Gasteiger partial charge is 0.496 e. The maximum Gasteiger partial charge on any atom is 0.290 e. The minimum Gasteiger partial charge on any atom is -0.496 e. The molecule has 278 valence electrons. The summed E-state index contributed by atoms with van der Waals surface area (Å²) in [6.07, 6.45) is 13.1. The Balaban J connectivity index is 0.00000162. The summed E-state index contributed by atoms with van der Waals surface area (Å²) < 4.78 is 11.3. The molecule has 3 N–H and O–H groups in total. The van der Waals surface area contributed by atoms with Gasteiger partial charge in [0.2, 0.25) is 5.91 Å². The molecule has 1 spiro atoms. The summed E-state index contributed by atoms with van der Waals surface area (Å²) in [5.41, 5.74) is 5.57. The maximum atomic E-state index is 14.1. The zero-order valence-electron chi connectivity index (χ0n) is 31.6. The molecule has 2 fully saturated rings. The monoisotopic (exact) mass is 702 g/mol. The zero-order valence-corrected chi connectivity index (χ0v) is 31.6. The number of methoxy groups -OCH3 is 1. The maximum absolute atomic E-state index is 14.1. The van der Waals surface area contributed by atoms with Gasteiger partial charge in [-0.05, 0) is 101 Å². The van der Waals surface area contributed by atoms with Crippen molar-refractivity contribution in [1.82, 2.24) is 20.1 Å². The first kappa shape index (κ1) is 38.5. The number of allylic oxidation sites excluding steroid dienone is 2. The van der Waals surface area contributed by atoms with Gasteiger partial charge in [0, 0.05) is 48.5 Å². The number of likely N-dealkylation sites (N-methyl/N-ethyl adjacent to an activating group) is 1. The number of aromatic amines is 1. The lowest BCUT2D eigenvalue weighted by molar-refractivity contribution is -0.123. The number of H-pyrrole nitrogens is 1. The Morgan fingerprint density at radius 3 is 2.47 bits per heavy atom. The number of likely N-dealkylation sites (tertiary alicyclic amines) is 1. The second kappa shape index (κ2) is 16.3. The number of benzene rings is 1. The van der Waals surface area contributed by atoms with E-state index >= 15 is 0 Å². The molecule has 4 unspecified atom stereocenters. The summed E-state index contributed by atoms with van der Waals surface area (Å²) in [7, 11) is 1.55. The summed E-state index contributed by atoms with van der Waals surface area (Å²) in [4.78, 5) is 43.5. The molecule has 2 aliphatic carbocycles. The molecule has 51 heavy (non-hydrogen) atoms. The number of fused-ring (bicyclic) bond motifs is 2. The van der Waals surface area contributed by atoms with Gasteiger partial charge in [0.1, 0.15) is 5.75 Å². The van der Waals surface area contributed by atoms with Crippen LogP contribution < -0.4 is 15.6 Å². The van der Waals surface area contributed by atoms with Crippen molar-refractivity contribution in [2.45, 2.75) is 116 Å². The molecular weight excluding hydrogens is 644 g/mol. The molecule has 1 aromatic carbocycles. The number of amides is 1. The van der Waals surface area contributed by atoms with Gasteiger partial charge in [0.25, 0.3) is 12.0 Å². The fourth-order valence-electron chi connectivity index (χ4n) is 10.1. The van der Waals surface area contributed by atoms with E-state index in [4.69, 9.17) is 19.4 Å². The van der Waals surface area contributed by atoms with Crippen molar-refractivity contribution >= 4 is 12.4 Å². The van der Waals surface area contributed by atoms with E-state index < -0.39 is 5.54 Å². The van der Waals surface area contributed by atoms with Gasteiger partial charge in [-0.1, -0.05) is 57.2 Å². The Hall–Kier alpha value is -3.73. The van der Waals surface area contributed by atoms with Gasteiger partial charge in [-0.15, -0.1) is 0 Å². The number of rotatable bonds is 9. The van der Waals surface area contributed by atoms with Gasteiger partial charge in [-0.3, -0.25) is 24.2 Å². The van der Waals surface area contributed by atoms with E-state index in [1.807, 2.05) is 13.0 Å². The van der Waals surface area contributed by atoms with Gasteiger partial charge in [0.05, 0.1) is 24.8 Å². The summed E-state index contributed by atoms with van der Waals surface area (Å²) >= 11 is 0. The highest BCUT2D eigenvalue weighted by Crippen LogP contribution is 2.52. The molecule has 4 aliphatic rings. The molecule has 6 rings (SSSR count). The van der Waals surface area contributed by atoms with Gasteiger partial charge in [0.15, 0.2) is 0 Å². The molecule has 10 nitrogen and oxygen atoms in total. The molecule has 1 amide bonds. The van der Waals surface area contributed by atoms with E-state index in [9.17, 15) is 9.59 Å². The van der Waals surface area contributed by atoms with Crippen LogP contribution in [-0.4, -0.2) is 83.8 Å². The van der Waals surface area contributed by atoms with Gasteiger partial charge in [-0.2, -0.15) is 0 Å². The quantitative estimate of drug-likeness (QED) is 0.288. The third kappa shape index (κ3) is 7.32. The van der Waals surface area contributed by atoms with E-state index in [1.54, 1.807) is 13.2 Å². The van der Waals surface area contributed by atoms with Crippen LogP contribution in [0.4, 0.5) is 0 Å². The van der Waals surface area contributed by atoms with Crippen molar-refractivity contribution in [3.05, 3.63) is 86.4 Å². The SMILES string of the molecule is CCN1C(C)CC2(CCc3ccc(C4(N(CC)C5CCOCC5)C=CC=C(C(=O)NCc5c(OC)cc(C)[nH]c5=O)C4C)cc32)CC1C.O=CO. The number of hydrogen-bond acceptors (Lipinski definition) is 7. The lowest BCUT2D eigenvalue weighted by Gasteiger charge is -2.52. The predicted molar refractivity (Wildman–Crippen MR) is 200 cm³/mol. The second-order valence-corrected chi connectivity index (χ2v) is 14.9. The van der Waals surface area contributed by atoms with Crippen molar-refractivity contribution in [3.8, 4) is 5.75 Å². The molecule has 10 heteroatoms. The third-order valence-electron chi connectivity index (χ3n) is 12.2. The van der Waals surface area contributed by atoms with Gasteiger partial charge < -0.3 is 24.9 Å². The lowest BCUT2D eigenvalue weighted by atomic mass is 9.66. The fourth-order valence-corrected chi connectivity index (χ4v) is 10.1. The molecule has 0 bridgehead atoms. The Labute approximate surface area is 303 Å². The first-order valence-electron chi connectivity index (χ1n) is 18.8. The number of ether oxygens (including phenoxy) is 2. The predicted octanol–water partition coefficient (Wildman–Crippen LogP) is 5.61. The highest BCUT2D eigenvalue weighted by atomic mass is 16.5. The summed E-state index contributed by atoms with van der Waals surface area (Å²) in [5.74, 6) is 0.181. The number of pyridine rings is 1. The Bertz CT molecular complexity index is 1660. The van der Waals surface area contributed by atoms with Crippen molar-refractivity contribution in [3.63, 3.8) is 0 Å². The Morgan fingerprint density at radius 1 is 1.16 bits per heavy atom.